The molecule has 0 aliphatic heterocycles. The van der Waals surface area contributed by atoms with Crippen LogP contribution in [0.15, 0.2) is 0 Å². The van der Waals surface area contributed by atoms with Gasteiger partial charge in [-0.2, -0.15) is 0 Å². The number of nitrogens with zero attached hydrogens (tertiary/aromatic N) is 2. The Morgan fingerprint density at radius 3 is 2.71 bits per heavy atom. The molecule has 1 aromatic heterocycles. The minimum Gasteiger partial charge on any atom is -0.378 e. The molecule has 0 spiro atoms. The molecular weight excluding hydrogens is 329 g/mol. The Hall–Kier alpha value is -0.430. The van der Waals surface area contributed by atoms with Gasteiger partial charge in [0.05, 0.1) is 15.9 Å². The van der Waals surface area contributed by atoms with E-state index in [9.17, 15) is 0 Å². The maximum atomic E-state index is 5.20. The second-order valence-electron chi connectivity index (χ2n) is 4.47. The summed E-state index contributed by atoms with van der Waals surface area (Å²) in [5.41, 5.74) is 0.994. The summed E-state index contributed by atoms with van der Waals surface area (Å²) < 4.78 is 6.27. The summed E-state index contributed by atoms with van der Waals surface area (Å²) >= 11 is 2.29. The largest absolute Gasteiger partial charge is 0.378 e. The smallest absolute Gasteiger partial charge is 0.143 e. The molecule has 0 amide bonds. The van der Waals surface area contributed by atoms with Gasteiger partial charge in [0.1, 0.15) is 11.6 Å². The third kappa shape index (κ3) is 2.88. The van der Waals surface area contributed by atoms with E-state index in [-0.39, 0.29) is 0 Å². The molecule has 0 saturated heterocycles. The normalized spacial score (nSPS) is 22.6. The van der Waals surface area contributed by atoms with E-state index >= 15 is 0 Å². The first-order chi connectivity index (χ1) is 8.17. The molecule has 1 aliphatic carbocycles. The molecule has 2 atom stereocenters. The quantitative estimate of drug-likeness (QED) is 0.832. The van der Waals surface area contributed by atoms with Gasteiger partial charge in [-0.1, -0.05) is 6.92 Å². The van der Waals surface area contributed by atoms with Crippen LogP contribution in [0.2, 0.25) is 0 Å². The van der Waals surface area contributed by atoms with Crippen molar-refractivity contribution in [3.8, 4) is 0 Å². The average molecular weight is 347 g/mol. The monoisotopic (exact) mass is 347 g/mol. The van der Waals surface area contributed by atoms with Crippen molar-refractivity contribution in [2.45, 2.75) is 32.8 Å². The van der Waals surface area contributed by atoms with E-state index in [1.807, 2.05) is 0 Å². The van der Waals surface area contributed by atoms with Gasteiger partial charge in [-0.3, -0.25) is 0 Å². The zero-order valence-electron chi connectivity index (χ0n) is 10.5. The first-order valence-corrected chi connectivity index (χ1v) is 7.04. The van der Waals surface area contributed by atoms with Crippen molar-refractivity contribution >= 4 is 28.4 Å². The number of methoxy groups -OCH3 is 1. The van der Waals surface area contributed by atoms with Gasteiger partial charge >= 0.3 is 0 Å². The molecule has 1 N–H and O–H groups in total. The molecule has 4 nitrogen and oxygen atoms in total. The fourth-order valence-corrected chi connectivity index (χ4v) is 2.46. The summed E-state index contributed by atoms with van der Waals surface area (Å²) in [4.78, 5) is 9.27. The lowest BCUT2D eigenvalue weighted by Gasteiger charge is -2.11. The third-order valence-corrected chi connectivity index (χ3v) is 4.14. The summed E-state index contributed by atoms with van der Waals surface area (Å²) in [5.74, 6) is 3.19. The lowest BCUT2D eigenvalue weighted by Crippen LogP contribution is -2.10. The van der Waals surface area contributed by atoms with Crippen LogP contribution in [-0.4, -0.2) is 23.6 Å². The number of hydrogen-bond donors (Lipinski definition) is 1. The lowest BCUT2D eigenvalue weighted by molar-refractivity contribution is 0.180. The van der Waals surface area contributed by atoms with Crippen molar-refractivity contribution in [3.63, 3.8) is 0 Å². The van der Waals surface area contributed by atoms with Gasteiger partial charge < -0.3 is 10.1 Å². The van der Waals surface area contributed by atoms with Gasteiger partial charge in [-0.15, -0.1) is 0 Å². The number of rotatable bonds is 5. The van der Waals surface area contributed by atoms with Crippen molar-refractivity contribution in [2.24, 2.45) is 5.92 Å². The van der Waals surface area contributed by atoms with E-state index in [1.54, 1.807) is 7.11 Å². The summed E-state index contributed by atoms with van der Waals surface area (Å²) in [7, 11) is 1.70. The van der Waals surface area contributed by atoms with Crippen LogP contribution in [0.25, 0.3) is 0 Å². The third-order valence-electron chi connectivity index (χ3n) is 3.00. The predicted octanol–water partition coefficient (Wildman–Crippen LogP) is 2.78. The fourth-order valence-electron chi connectivity index (χ4n) is 1.88. The summed E-state index contributed by atoms with van der Waals surface area (Å²) in [6.07, 6.45) is 1.21. The SMILES string of the molecule is CCNc1nc(C2CC2C)nc(COC)c1I. The van der Waals surface area contributed by atoms with Crippen LogP contribution in [0.5, 0.6) is 0 Å². The molecule has 94 valence electrons. The van der Waals surface area contributed by atoms with Crippen LogP contribution < -0.4 is 5.32 Å². The highest BCUT2D eigenvalue weighted by atomic mass is 127. The standard InChI is InChI=1S/C12H18IN3O/c1-4-14-12-10(13)9(6-17-3)15-11(16-12)8-5-7(8)2/h7-8H,4-6H2,1-3H3,(H,14,15,16). The van der Waals surface area contributed by atoms with Gasteiger partial charge in [0.15, 0.2) is 0 Å². The minimum absolute atomic E-state index is 0.542. The molecule has 1 heterocycles. The summed E-state index contributed by atoms with van der Waals surface area (Å²) in [6.45, 7) is 5.74. The van der Waals surface area contributed by atoms with Gasteiger partial charge in [0.25, 0.3) is 0 Å². The van der Waals surface area contributed by atoms with Crippen LogP contribution >= 0.6 is 22.6 Å². The Kier molecular flexibility index (Phi) is 4.19. The maximum absolute atomic E-state index is 5.20. The van der Waals surface area contributed by atoms with E-state index in [4.69, 9.17) is 4.74 Å². The molecule has 17 heavy (non-hydrogen) atoms. The molecule has 2 rings (SSSR count). The number of hydrogen-bond acceptors (Lipinski definition) is 4. The highest BCUT2D eigenvalue weighted by Crippen LogP contribution is 2.45. The van der Waals surface area contributed by atoms with Gasteiger partial charge in [-0.05, 0) is 41.9 Å². The van der Waals surface area contributed by atoms with Crippen LogP contribution in [0.3, 0.4) is 0 Å². The van der Waals surface area contributed by atoms with Crippen molar-refractivity contribution in [2.75, 3.05) is 19.0 Å². The average Bonchev–Trinajstić information content (AvgIpc) is 3.02. The van der Waals surface area contributed by atoms with E-state index in [0.29, 0.717) is 12.5 Å². The molecule has 1 aliphatic rings. The molecule has 1 saturated carbocycles. The molecular formula is C12H18IN3O. The number of halogens is 1. The topological polar surface area (TPSA) is 47.0 Å². The second-order valence-corrected chi connectivity index (χ2v) is 5.55. The van der Waals surface area contributed by atoms with Crippen LogP contribution in [0, 0.1) is 9.49 Å². The molecule has 5 heteroatoms. The zero-order valence-corrected chi connectivity index (χ0v) is 12.6. The number of anilines is 1. The minimum atomic E-state index is 0.542. The zero-order chi connectivity index (χ0) is 12.4. The Labute approximate surface area is 116 Å². The Morgan fingerprint density at radius 2 is 2.18 bits per heavy atom. The Bertz CT molecular complexity index is 384. The summed E-state index contributed by atoms with van der Waals surface area (Å²) in [5, 5.41) is 3.30. The highest BCUT2D eigenvalue weighted by Gasteiger charge is 2.37. The molecule has 0 bridgehead atoms. The molecule has 2 unspecified atom stereocenters. The van der Waals surface area contributed by atoms with Crippen molar-refractivity contribution in [3.05, 3.63) is 15.1 Å². The van der Waals surface area contributed by atoms with Crippen molar-refractivity contribution < 1.29 is 4.74 Å². The first kappa shape index (κ1) is 13.0. The molecule has 1 aromatic rings. The van der Waals surface area contributed by atoms with Crippen LogP contribution in [0.1, 0.15) is 37.7 Å². The predicted molar refractivity (Wildman–Crippen MR) is 76.1 cm³/mol. The maximum Gasteiger partial charge on any atom is 0.143 e. The van der Waals surface area contributed by atoms with Gasteiger partial charge in [0.2, 0.25) is 0 Å². The van der Waals surface area contributed by atoms with Crippen LogP contribution in [0.4, 0.5) is 5.82 Å². The van der Waals surface area contributed by atoms with E-state index in [1.165, 1.54) is 6.42 Å². The van der Waals surface area contributed by atoms with Gasteiger partial charge in [-0.25, -0.2) is 9.97 Å². The summed E-state index contributed by atoms with van der Waals surface area (Å²) in [6, 6.07) is 0. The highest BCUT2D eigenvalue weighted by molar-refractivity contribution is 14.1. The van der Waals surface area contributed by atoms with Crippen molar-refractivity contribution in [1.29, 1.82) is 0 Å². The van der Waals surface area contributed by atoms with E-state index < -0.39 is 0 Å². The molecule has 0 radical (unpaired) electrons. The second kappa shape index (κ2) is 5.48. The van der Waals surface area contributed by atoms with Crippen LogP contribution in [-0.2, 0) is 11.3 Å². The van der Waals surface area contributed by atoms with Crippen molar-refractivity contribution in [1.82, 2.24) is 9.97 Å². The number of ether oxygens (including phenoxy) is 1. The molecule has 1 fully saturated rings. The number of nitrogens with one attached hydrogen (secondary N) is 1. The fraction of sp³-hybridized carbons (Fsp3) is 0.667. The lowest BCUT2D eigenvalue weighted by atomic mass is 10.3. The first-order valence-electron chi connectivity index (χ1n) is 5.96. The van der Waals surface area contributed by atoms with E-state index in [0.717, 1.165) is 33.4 Å². The van der Waals surface area contributed by atoms with Gasteiger partial charge in [0, 0.05) is 19.6 Å². The molecule has 0 aromatic carbocycles. The Morgan fingerprint density at radius 1 is 1.47 bits per heavy atom. The Balaban J connectivity index is 2.33. The number of aromatic nitrogens is 2. The van der Waals surface area contributed by atoms with E-state index in [2.05, 4.69) is 51.7 Å².